The molecule has 1 rings (SSSR count). The van der Waals surface area contributed by atoms with Gasteiger partial charge in [0.05, 0.1) is 0 Å². The molecule has 0 aliphatic rings. The Bertz CT molecular complexity index is 345. The van der Waals surface area contributed by atoms with Crippen LogP contribution in [0.2, 0.25) is 4.82 Å². The fourth-order valence-corrected chi connectivity index (χ4v) is 3.24. The van der Waals surface area contributed by atoms with Crippen LogP contribution in [0.1, 0.15) is 13.8 Å². The normalized spacial score (nSPS) is 14.0. The van der Waals surface area contributed by atoms with E-state index in [9.17, 15) is 3.83 Å². The van der Waals surface area contributed by atoms with E-state index in [0.29, 0.717) is 0 Å². The average Bonchev–Trinajstić information content (AvgIpc) is 2.18. The van der Waals surface area contributed by atoms with E-state index in [-0.39, 0.29) is 4.82 Å². The fraction of sp³-hybridized carbons (Fsp3) is 0.273. The van der Waals surface area contributed by atoms with Gasteiger partial charge < -0.3 is 0 Å². The molecule has 1 aromatic rings. The molecular weight excluding hydrogens is 227 g/mol. The quantitative estimate of drug-likeness (QED) is 0.567. The molecule has 2 heteroatoms. The zero-order chi connectivity index (χ0) is 9.68. The van der Waals surface area contributed by atoms with Crippen LogP contribution >= 0.6 is 0 Å². The van der Waals surface area contributed by atoms with Gasteiger partial charge in [0.15, 0.2) is 0 Å². The molecule has 0 heterocycles. The van der Waals surface area contributed by atoms with Gasteiger partial charge in [-0.2, -0.15) is 0 Å². The predicted molar refractivity (Wildman–Crippen MR) is 55.4 cm³/mol. The van der Waals surface area contributed by atoms with Crippen molar-refractivity contribution < 1.29 is 3.83 Å². The Morgan fingerprint density at radius 1 is 1.31 bits per heavy atom. The third kappa shape index (κ3) is 2.81. The molecule has 0 N–H and O–H groups in total. The van der Waals surface area contributed by atoms with E-state index < -0.39 is 13.8 Å². The number of rotatable bonds is 2. The second-order valence-corrected chi connectivity index (χ2v) is 6.37. The monoisotopic (exact) mass is 240 g/mol. The molecule has 0 aromatic heterocycles. The standard InChI is InChI=1S/C11H12OSe/c1-3-7-10(2)13(12)11-8-5-4-6-9-11/h4-6,8-10H,1-2H3. The molecule has 0 saturated carbocycles. The van der Waals surface area contributed by atoms with Gasteiger partial charge in [-0.15, -0.1) is 0 Å². The summed E-state index contributed by atoms with van der Waals surface area (Å²) in [6.45, 7) is 3.70. The van der Waals surface area contributed by atoms with Gasteiger partial charge in [-0.3, -0.25) is 0 Å². The SMILES string of the molecule is CC#CC(C)[Se](=O)c1ccccc1. The molecule has 0 bridgehead atoms. The van der Waals surface area contributed by atoms with Crippen molar-refractivity contribution >= 4 is 18.3 Å². The molecule has 0 spiro atoms. The summed E-state index contributed by atoms with van der Waals surface area (Å²) in [5.41, 5.74) is 0. The third-order valence-corrected chi connectivity index (χ3v) is 4.78. The molecule has 13 heavy (non-hydrogen) atoms. The number of hydrogen-bond acceptors (Lipinski definition) is 1. The molecule has 2 unspecified atom stereocenters. The Labute approximate surface area is 83.3 Å². The molecule has 1 aromatic carbocycles. The molecule has 0 radical (unpaired) electrons. The van der Waals surface area contributed by atoms with Crippen LogP contribution in [-0.4, -0.2) is 13.8 Å². The second-order valence-electron chi connectivity index (χ2n) is 2.65. The molecule has 2 atom stereocenters. The Kier molecular flexibility index (Phi) is 3.89. The van der Waals surface area contributed by atoms with Crippen molar-refractivity contribution in [3.8, 4) is 11.8 Å². The summed E-state index contributed by atoms with van der Waals surface area (Å²) in [6.07, 6.45) is 0. The van der Waals surface area contributed by atoms with Gasteiger partial charge in [0.2, 0.25) is 0 Å². The van der Waals surface area contributed by atoms with Gasteiger partial charge in [-0.05, 0) is 0 Å². The first kappa shape index (κ1) is 10.2. The van der Waals surface area contributed by atoms with Gasteiger partial charge in [-0.1, -0.05) is 0 Å². The molecule has 0 amide bonds. The van der Waals surface area contributed by atoms with Crippen molar-refractivity contribution in [2.75, 3.05) is 0 Å². The second kappa shape index (κ2) is 4.97. The molecule has 1 nitrogen and oxygen atoms in total. The van der Waals surface area contributed by atoms with Gasteiger partial charge in [-0.25, -0.2) is 0 Å². The van der Waals surface area contributed by atoms with Crippen LogP contribution < -0.4 is 4.46 Å². The average molecular weight is 239 g/mol. The zero-order valence-corrected chi connectivity index (χ0v) is 9.49. The van der Waals surface area contributed by atoms with Crippen LogP contribution in [0.3, 0.4) is 0 Å². The van der Waals surface area contributed by atoms with Crippen molar-refractivity contribution in [2.24, 2.45) is 0 Å². The molecule has 0 fully saturated rings. The van der Waals surface area contributed by atoms with Crippen molar-refractivity contribution in [3.05, 3.63) is 30.3 Å². The molecule has 0 aliphatic heterocycles. The predicted octanol–water partition coefficient (Wildman–Crippen LogP) is 1.73. The zero-order valence-electron chi connectivity index (χ0n) is 7.78. The van der Waals surface area contributed by atoms with E-state index in [1.165, 1.54) is 0 Å². The van der Waals surface area contributed by atoms with Crippen molar-refractivity contribution in [1.82, 2.24) is 0 Å². The summed E-state index contributed by atoms with van der Waals surface area (Å²) >= 11 is -1.96. The van der Waals surface area contributed by atoms with Gasteiger partial charge in [0, 0.05) is 0 Å². The van der Waals surface area contributed by atoms with Gasteiger partial charge in [0.25, 0.3) is 0 Å². The van der Waals surface area contributed by atoms with Crippen molar-refractivity contribution in [1.29, 1.82) is 0 Å². The van der Waals surface area contributed by atoms with Gasteiger partial charge in [0.1, 0.15) is 0 Å². The van der Waals surface area contributed by atoms with Crippen LogP contribution in [0.5, 0.6) is 0 Å². The van der Waals surface area contributed by atoms with Crippen LogP contribution in [0.15, 0.2) is 30.3 Å². The summed E-state index contributed by atoms with van der Waals surface area (Å²) in [4.78, 5) is 0.00685. The summed E-state index contributed by atoms with van der Waals surface area (Å²) in [6, 6.07) is 9.57. The Morgan fingerprint density at radius 3 is 2.46 bits per heavy atom. The summed E-state index contributed by atoms with van der Waals surface area (Å²) in [5, 5.41) is 0. The van der Waals surface area contributed by atoms with Crippen LogP contribution in [0.4, 0.5) is 0 Å². The molecule has 0 aliphatic carbocycles. The Morgan fingerprint density at radius 2 is 1.92 bits per heavy atom. The maximum absolute atomic E-state index is 11.8. The fourth-order valence-electron chi connectivity index (χ4n) is 1.02. The van der Waals surface area contributed by atoms with E-state index in [2.05, 4.69) is 11.8 Å². The summed E-state index contributed by atoms with van der Waals surface area (Å²) in [5.74, 6) is 5.74. The Hall–Kier alpha value is -0.901. The van der Waals surface area contributed by atoms with Crippen molar-refractivity contribution in [2.45, 2.75) is 18.7 Å². The maximum atomic E-state index is 11.8. The minimum absolute atomic E-state index is 0.00685. The van der Waals surface area contributed by atoms with E-state index in [1.807, 2.05) is 37.3 Å². The van der Waals surface area contributed by atoms with E-state index in [0.717, 1.165) is 4.46 Å². The first-order valence-electron chi connectivity index (χ1n) is 4.13. The first-order chi connectivity index (χ1) is 6.25. The molecule has 68 valence electrons. The van der Waals surface area contributed by atoms with E-state index in [1.54, 1.807) is 6.92 Å². The van der Waals surface area contributed by atoms with Crippen LogP contribution in [-0.2, 0) is 3.83 Å². The molecular formula is C11H12OSe. The van der Waals surface area contributed by atoms with E-state index >= 15 is 0 Å². The van der Waals surface area contributed by atoms with Crippen molar-refractivity contribution in [3.63, 3.8) is 0 Å². The third-order valence-electron chi connectivity index (χ3n) is 1.64. The van der Waals surface area contributed by atoms with Crippen LogP contribution in [0, 0.1) is 11.8 Å². The Balaban J connectivity index is 2.84. The van der Waals surface area contributed by atoms with Gasteiger partial charge >= 0.3 is 83.0 Å². The number of benzene rings is 1. The summed E-state index contributed by atoms with van der Waals surface area (Å²) < 4.78 is 12.8. The minimum atomic E-state index is -1.96. The first-order valence-corrected chi connectivity index (χ1v) is 6.68. The summed E-state index contributed by atoms with van der Waals surface area (Å²) in [7, 11) is 0. The van der Waals surface area contributed by atoms with Crippen LogP contribution in [0.25, 0.3) is 0 Å². The van der Waals surface area contributed by atoms with E-state index in [4.69, 9.17) is 0 Å². The molecule has 0 saturated heterocycles. The topological polar surface area (TPSA) is 17.1 Å². The number of hydrogen-bond donors (Lipinski definition) is 0.